The molecule has 29 heavy (non-hydrogen) atoms. The zero-order valence-corrected chi connectivity index (χ0v) is 17.1. The number of hydrogen-bond donors (Lipinski definition) is 2. The van der Waals surface area contributed by atoms with Crippen LogP contribution in [0.3, 0.4) is 0 Å². The molecule has 1 saturated carbocycles. The normalized spacial score (nSPS) is 14.0. The van der Waals surface area contributed by atoms with E-state index in [0.717, 1.165) is 29.8 Å². The molecule has 2 aromatic carbocycles. The molecule has 150 valence electrons. The first-order valence-corrected chi connectivity index (χ1v) is 11.5. The van der Waals surface area contributed by atoms with Crippen molar-refractivity contribution in [3.63, 3.8) is 0 Å². The molecule has 2 N–H and O–H groups in total. The van der Waals surface area contributed by atoms with Crippen LogP contribution in [0.5, 0.6) is 0 Å². The number of nitrogens with zero attached hydrogens (tertiary/aromatic N) is 2. The molecule has 0 spiro atoms. The van der Waals surface area contributed by atoms with Gasteiger partial charge in [0.25, 0.3) is 5.91 Å². The van der Waals surface area contributed by atoms with Crippen molar-refractivity contribution in [1.29, 1.82) is 0 Å². The Morgan fingerprint density at radius 2 is 2.00 bits per heavy atom. The van der Waals surface area contributed by atoms with Crippen molar-refractivity contribution in [1.82, 2.24) is 15.2 Å². The standard InChI is InChI=1S/C21H22N4O3S/c1-13-6-9-18(17(10-13)20-23-19(24-25-20)15-7-8-15)22-21(26)16-5-3-4-14(11-16)12-29(2,27)28/h3-6,9-11,15H,7-8,12H2,1-2H3,(H,22,26)(H,23,24,25). The monoisotopic (exact) mass is 410 g/mol. The van der Waals surface area contributed by atoms with Crippen LogP contribution < -0.4 is 5.32 Å². The molecule has 0 aliphatic heterocycles. The largest absolute Gasteiger partial charge is 0.321 e. The van der Waals surface area contributed by atoms with Crippen molar-refractivity contribution in [2.75, 3.05) is 11.6 Å². The van der Waals surface area contributed by atoms with E-state index >= 15 is 0 Å². The van der Waals surface area contributed by atoms with Gasteiger partial charge in [-0.2, -0.15) is 5.10 Å². The van der Waals surface area contributed by atoms with Gasteiger partial charge in [-0.1, -0.05) is 23.8 Å². The summed E-state index contributed by atoms with van der Waals surface area (Å²) in [5.74, 6) is 1.47. The number of rotatable bonds is 6. The van der Waals surface area contributed by atoms with Gasteiger partial charge in [-0.3, -0.25) is 9.89 Å². The molecular weight excluding hydrogens is 388 g/mol. The highest BCUT2D eigenvalue weighted by atomic mass is 32.2. The van der Waals surface area contributed by atoms with Gasteiger partial charge in [0, 0.05) is 23.3 Å². The van der Waals surface area contributed by atoms with Crippen molar-refractivity contribution in [3.8, 4) is 11.4 Å². The van der Waals surface area contributed by atoms with Crippen LogP contribution in [0.15, 0.2) is 42.5 Å². The molecule has 0 unspecified atom stereocenters. The maximum Gasteiger partial charge on any atom is 0.255 e. The molecule has 7 nitrogen and oxygen atoms in total. The second kappa shape index (κ2) is 7.44. The number of aromatic amines is 1. The molecule has 0 saturated heterocycles. The number of amides is 1. The Kier molecular flexibility index (Phi) is 4.96. The Morgan fingerprint density at radius 1 is 1.21 bits per heavy atom. The maximum absolute atomic E-state index is 12.8. The Labute approximate surface area is 169 Å². The van der Waals surface area contributed by atoms with Crippen LogP contribution in [0, 0.1) is 6.92 Å². The highest BCUT2D eigenvalue weighted by molar-refractivity contribution is 7.89. The summed E-state index contributed by atoms with van der Waals surface area (Å²) in [5.41, 5.74) is 3.36. The number of carbonyl (C=O) groups is 1. The molecule has 1 amide bonds. The van der Waals surface area contributed by atoms with Gasteiger partial charge in [0.1, 0.15) is 5.82 Å². The highest BCUT2D eigenvalue weighted by Gasteiger charge is 2.27. The summed E-state index contributed by atoms with van der Waals surface area (Å²) in [6.07, 6.45) is 3.41. The lowest BCUT2D eigenvalue weighted by Crippen LogP contribution is -2.13. The summed E-state index contributed by atoms with van der Waals surface area (Å²) >= 11 is 0. The molecule has 1 aliphatic rings. The van der Waals surface area contributed by atoms with Crippen molar-refractivity contribution in [2.24, 2.45) is 0 Å². The number of nitrogens with one attached hydrogen (secondary N) is 2. The van der Waals surface area contributed by atoms with Crippen LogP contribution in [0.2, 0.25) is 0 Å². The lowest BCUT2D eigenvalue weighted by Gasteiger charge is -2.11. The molecule has 1 fully saturated rings. The minimum atomic E-state index is -3.18. The van der Waals surface area contributed by atoms with Gasteiger partial charge in [0.15, 0.2) is 15.7 Å². The van der Waals surface area contributed by atoms with Gasteiger partial charge < -0.3 is 5.32 Å². The van der Waals surface area contributed by atoms with E-state index in [4.69, 9.17) is 0 Å². The Bertz CT molecular complexity index is 1180. The second-order valence-electron chi connectivity index (χ2n) is 7.59. The summed E-state index contributed by atoms with van der Waals surface area (Å²) in [6, 6.07) is 12.3. The average Bonchev–Trinajstić information content (AvgIpc) is 3.39. The molecule has 1 aromatic heterocycles. The van der Waals surface area contributed by atoms with E-state index in [9.17, 15) is 13.2 Å². The summed E-state index contributed by atoms with van der Waals surface area (Å²) in [4.78, 5) is 17.4. The predicted octanol–water partition coefficient (Wildman–Crippen LogP) is 3.45. The third-order valence-electron chi connectivity index (χ3n) is 4.75. The zero-order chi connectivity index (χ0) is 20.6. The number of H-pyrrole nitrogens is 1. The zero-order valence-electron chi connectivity index (χ0n) is 16.3. The molecule has 1 heterocycles. The fraction of sp³-hybridized carbons (Fsp3) is 0.286. The first-order valence-electron chi connectivity index (χ1n) is 9.40. The van der Waals surface area contributed by atoms with E-state index < -0.39 is 9.84 Å². The van der Waals surface area contributed by atoms with E-state index in [-0.39, 0.29) is 11.7 Å². The van der Waals surface area contributed by atoms with Gasteiger partial charge in [0.05, 0.1) is 11.4 Å². The van der Waals surface area contributed by atoms with Crippen molar-refractivity contribution in [3.05, 3.63) is 65.0 Å². The number of carbonyl (C=O) groups excluding carboxylic acids is 1. The minimum Gasteiger partial charge on any atom is -0.321 e. The highest BCUT2D eigenvalue weighted by Crippen LogP contribution is 2.39. The number of hydrogen-bond acceptors (Lipinski definition) is 5. The fourth-order valence-corrected chi connectivity index (χ4v) is 3.97. The van der Waals surface area contributed by atoms with Crippen molar-refractivity contribution in [2.45, 2.75) is 31.4 Å². The molecule has 0 atom stereocenters. The topological polar surface area (TPSA) is 105 Å². The van der Waals surface area contributed by atoms with Crippen LogP contribution in [0.25, 0.3) is 11.4 Å². The minimum absolute atomic E-state index is 0.106. The summed E-state index contributed by atoms with van der Waals surface area (Å²) < 4.78 is 23.1. The van der Waals surface area contributed by atoms with E-state index in [2.05, 4.69) is 20.5 Å². The van der Waals surface area contributed by atoms with Gasteiger partial charge in [-0.05, 0) is 49.6 Å². The van der Waals surface area contributed by atoms with E-state index in [0.29, 0.717) is 28.6 Å². The molecule has 0 radical (unpaired) electrons. The molecular formula is C21H22N4O3S. The molecule has 1 aliphatic carbocycles. The lowest BCUT2D eigenvalue weighted by atomic mass is 10.1. The van der Waals surface area contributed by atoms with Crippen LogP contribution in [-0.2, 0) is 15.6 Å². The Hall–Kier alpha value is -3.00. The van der Waals surface area contributed by atoms with Gasteiger partial charge >= 0.3 is 0 Å². The SMILES string of the molecule is Cc1ccc(NC(=O)c2cccc(CS(C)(=O)=O)c2)c(-c2n[nH]c(C3CC3)n2)c1. The first kappa shape index (κ1) is 19.3. The number of aromatic nitrogens is 3. The summed E-state index contributed by atoms with van der Waals surface area (Å²) in [6.45, 7) is 1.97. The maximum atomic E-state index is 12.8. The number of aryl methyl sites for hydroxylation is 1. The van der Waals surface area contributed by atoms with Crippen molar-refractivity contribution < 1.29 is 13.2 Å². The molecule has 0 bridgehead atoms. The van der Waals surface area contributed by atoms with Crippen LogP contribution in [0.4, 0.5) is 5.69 Å². The molecule has 4 rings (SSSR count). The smallest absolute Gasteiger partial charge is 0.255 e. The van der Waals surface area contributed by atoms with Crippen LogP contribution in [-0.4, -0.2) is 35.8 Å². The molecule has 3 aromatic rings. The van der Waals surface area contributed by atoms with Crippen molar-refractivity contribution >= 4 is 21.4 Å². The third-order valence-corrected chi connectivity index (χ3v) is 5.61. The lowest BCUT2D eigenvalue weighted by molar-refractivity contribution is 0.102. The first-order chi connectivity index (χ1) is 13.8. The van der Waals surface area contributed by atoms with E-state index in [1.54, 1.807) is 24.3 Å². The predicted molar refractivity (Wildman–Crippen MR) is 111 cm³/mol. The van der Waals surface area contributed by atoms with Crippen LogP contribution >= 0.6 is 0 Å². The number of anilines is 1. The van der Waals surface area contributed by atoms with Gasteiger partial charge in [0.2, 0.25) is 0 Å². The van der Waals surface area contributed by atoms with Gasteiger partial charge in [-0.25, -0.2) is 13.4 Å². The van der Waals surface area contributed by atoms with E-state index in [1.165, 1.54) is 6.26 Å². The van der Waals surface area contributed by atoms with Crippen LogP contribution in [0.1, 0.15) is 46.1 Å². The third kappa shape index (κ3) is 4.71. The average molecular weight is 410 g/mol. The van der Waals surface area contributed by atoms with E-state index in [1.807, 2.05) is 25.1 Å². The Morgan fingerprint density at radius 3 is 2.72 bits per heavy atom. The Balaban J connectivity index is 1.61. The number of sulfone groups is 1. The quantitative estimate of drug-likeness (QED) is 0.648. The number of benzene rings is 2. The molecule has 8 heteroatoms. The fourth-order valence-electron chi connectivity index (χ4n) is 3.19. The summed E-state index contributed by atoms with van der Waals surface area (Å²) in [5, 5.41) is 10.2. The second-order valence-corrected chi connectivity index (χ2v) is 9.73. The summed E-state index contributed by atoms with van der Waals surface area (Å²) in [7, 11) is -3.18. The van der Waals surface area contributed by atoms with Gasteiger partial charge in [-0.15, -0.1) is 0 Å².